The number of halogens is 2. The summed E-state index contributed by atoms with van der Waals surface area (Å²) in [5.41, 5.74) is 0.325. The van der Waals surface area contributed by atoms with Gasteiger partial charge >= 0.3 is 0 Å². The Balaban J connectivity index is 1.98. The normalized spacial score (nSPS) is 15.9. The maximum atomic E-state index is 13.9. The molecule has 1 N–H and O–H groups in total. The highest BCUT2D eigenvalue weighted by atomic mass is 19.1. The van der Waals surface area contributed by atoms with Crippen LogP contribution in [0.2, 0.25) is 0 Å². The number of nitrogens with one attached hydrogen (secondary N) is 1. The smallest absolute Gasteiger partial charge is 0.194 e. The molecule has 0 aromatic heterocycles. The maximum Gasteiger partial charge on any atom is 0.194 e. The molecule has 0 bridgehead atoms. The second-order valence-electron chi connectivity index (χ2n) is 5.30. The molecule has 1 aliphatic rings. The Hall–Kier alpha value is -1.89. The van der Waals surface area contributed by atoms with E-state index in [4.69, 9.17) is 4.74 Å². The summed E-state index contributed by atoms with van der Waals surface area (Å²) in [5, 5.41) is 3.25. The average Bonchev–Trinajstić information content (AvgIpc) is 2.57. The predicted molar refractivity (Wildman–Crippen MR) is 88.0 cm³/mol. The number of piperazine rings is 1. The number of aliphatic imine (C=N–C) groups is 1. The molecule has 1 aromatic carbocycles. The molecular formula is C16H24F2N4O. The first-order valence-electron chi connectivity index (χ1n) is 7.88. The van der Waals surface area contributed by atoms with Crippen molar-refractivity contribution in [2.24, 2.45) is 4.99 Å². The van der Waals surface area contributed by atoms with Crippen molar-refractivity contribution in [3.05, 3.63) is 29.8 Å². The molecule has 5 nitrogen and oxygen atoms in total. The van der Waals surface area contributed by atoms with Gasteiger partial charge in [0, 0.05) is 45.9 Å². The largest absolute Gasteiger partial charge is 0.383 e. The van der Waals surface area contributed by atoms with Crippen LogP contribution in [0.25, 0.3) is 0 Å². The van der Waals surface area contributed by atoms with Crippen LogP contribution in [-0.4, -0.2) is 63.8 Å². The first-order chi connectivity index (χ1) is 11.2. The van der Waals surface area contributed by atoms with Crippen LogP contribution in [0.1, 0.15) is 6.92 Å². The molecule has 1 aliphatic heterocycles. The zero-order valence-corrected chi connectivity index (χ0v) is 13.7. The van der Waals surface area contributed by atoms with Crippen molar-refractivity contribution in [2.45, 2.75) is 6.92 Å². The van der Waals surface area contributed by atoms with Crippen LogP contribution in [0.15, 0.2) is 23.2 Å². The third-order valence-electron chi connectivity index (χ3n) is 3.72. The molecule has 2 rings (SSSR count). The first-order valence-corrected chi connectivity index (χ1v) is 7.88. The van der Waals surface area contributed by atoms with Gasteiger partial charge < -0.3 is 19.9 Å². The number of rotatable bonds is 5. The molecule has 23 heavy (non-hydrogen) atoms. The molecule has 0 radical (unpaired) electrons. The molecule has 0 aliphatic carbocycles. The standard InChI is InChI=1S/C16H24F2N4O/c1-3-19-16(20-6-11-23-2)22-9-7-21(8-10-22)15-12-13(17)4-5-14(15)18/h4-5,12H,3,6-11H2,1-2H3,(H,19,20). The van der Waals surface area contributed by atoms with Crippen molar-refractivity contribution in [2.75, 3.05) is 57.9 Å². The molecule has 7 heteroatoms. The van der Waals surface area contributed by atoms with E-state index in [0.29, 0.717) is 45.0 Å². The molecule has 0 atom stereocenters. The van der Waals surface area contributed by atoms with Crippen LogP contribution >= 0.6 is 0 Å². The minimum Gasteiger partial charge on any atom is -0.383 e. The van der Waals surface area contributed by atoms with Gasteiger partial charge in [-0.2, -0.15) is 0 Å². The van der Waals surface area contributed by atoms with Gasteiger partial charge in [0.05, 0.1) is 18.8 Å². The molecule has 1 heterocycles. The molecule has 1 aromatic rings. The fourth-order valence-electron chi connectivity index (χ4n) is 2.56. The fraction of sp³-hybridized carbons (Fsp3) is 0.562. The van der Waals surface area contributed by atoms with Crippen molar-refractivity contribution in [3.8, 4) is 0 Å². The van der Waals surface area contributed by atoms with Crippen molar-refractivity contribution < 1.29 is 13.5 Å². The summed E-state index contributed by atoms with van der Waals surface area (Å²) in [6.45, 7) is 6.61. The highest BCUT2D eigenvalue weighted by Gasteiger charge is 2.21. The lowest BCUT2D eigenvalue weighted by Gasteiger charge is -2.37. The molecular weight excluding hydrogens is 302 g/mol. The summed E-state index contributed by atoms with van der Waals surface area (Å²) in [5.74, 6) is 0.0303. The predicted octanol–water partition coefficient (Wildman–Crippen LogP) is 1.70. The van der Waals surface area contributed by atoms with E-state index in [1.165, 1.54) is 12.1 Å². The number of hydrogen-bond acceptors (Lipinski definition) is 3. The number of benzene rings is 1. The summed E-state index contributed by atoms with van der Waals surface area (Å²) in [6.07, 6.45) is 0. The summed E-state index contributed by atoms with van der Waals surface area (Å²) >= 11 is 0. The summed E-state index contributed by atoms with van der Waals surface area (Å²) in [7, 11) is 1.65. The van der Waals surface area contributed by atoms with E-state index >= 15 is 0 Å². The average molecular weight is 326 g/mol. The molecule has 0 spiro atoms. The van der Waals surface area contributed by atoms with Gasteiger partial charge in [-0.25, -0.2) is 8.78 Å². The lowest BCUT2D eigenvalue weighted by atomic mass is 10.2. The second kappa shape index (κ2) is 8.67. The van der Waals surface area contributed by atoms with Crippen LogP contribution in [0.3, 0.4) is 0 Å². The zero-order chi connectivity index (χ0) is 16.7. The number of ether oxygens (including phenoxy) is 1. The number of nitrogens with zero attached hydrogens (tertiary/aromatic N) is 3. The lowest BCUT2D eigenvalue weighted by Crippen LogP contribution is -2.52. The van der Waals surface area contributed by atoms with Gasteiger partial charge in [0.1, 0.15) is 11.6 Å². The van der Waals surface area contributed by atoms with E-state index < -0.39 is 5.82 Å². The first kappa shape index (κ1) is 17.5. The van der Waals surface area contributed by atoms with Crippen molar-refractivity contribution in [3.63, 3.8) is 0 Å². The van der Waals surface area contributed by atoms with Crippen molar-refractivity contribution >= 4 is 11.6 Å². The monoisotopic (exact) mass is 326 g/mol. The maximum absolute atomic E-state index is 13.9. The highest BCUT2D eigenvalue weighted by molar-refractivity contribution is 5.80. The Morgan fingerprint density at radius 3 is 2.65 bits per heavy atom. The van der Waals surface area contributed by atoms with Gasteiger partial charge in [-0.05, 0) is 19.1 Å². The topological polar surface area (TPSA) is 40.1 Å². The van der Waals surface area contributed by atoms with Crippen LogP contribution in [0.4, 0.5) is 14.5 Å². The molecule has 0 saturated carbocycles. The Labute approximate surface area is 135 Å². The highest BCUT2D eigenvalue weighted by Crippen LogP contribution is 2.21. The Morgan fingerprint density at radius 2 is 2.00 bits per heavy atom. The number of anilines is 1. The minimum atomic E-state index is -0.418. The third-order valence-corrected chi connectivity index (χ3v) is 3.72. The van der Waals surface area contributed by atoms with E-state index in [-0.39, 0.29) is 5.82 Å². The summed E-state index contributed by atoms with van der Waals surface area (Å²) < 4.78 is 32.2. The van der Waals surface area contributed by atoms with E-state index in [0.717, 1.165) is 18.6 Å². The summed E-state index contributed by atoms with van der Waals surface area (Å²) in [6, 6.07) is 3.57. The fourth-order valence-corrected chi connectivity index (χ4v) is 2.56. The van der Waals surface area contributed by atoms with Gasteiger partial charge in [-0.3, -0.25) is 4.99 Å². The van der Waals surface area contributed by atoms with Gasteiger partial charge in [0.15, 0.2) is 5.96 Å². The van der Waals surface area contributed by atoms with Gasteiger partial charge in [0.25, 0.3) is 0 Å². The SMILES string of the molecule is CCNC(=NCCOC)N1CCN(c2cc(F)ccc2F)CC1. The van der Waals surface area contributed by atoms with Gasteiger partial charge in [-0.15, -0.1) is 0 Å². The number of hydrogen-bond donors (Lipinski definition) is 1. The Morgan fingerprint density at radius 1 is 1.26 bits per heavy atom. The van der Waals surface area contributed by atoms with E-state index in [9.17, 15) is 8.78 Å². The van der Waals surface area contributed by atoms with E-state index in [1.807, 2.05) is 11.8 Å². The summed E-state index contributed by atoms with van der Waals surface area (Å²) in [4.78, 5) is 8.51. The van der Waals surface area contributed by atoms with Crippen LogP contribution in [0, 0.1) is 11.6 Å². The van der Waals surface area contributed by atoms with Crippen LogP contribution in [-0.2, 0) is 4.74 Å². The molecule has 128 valence electrons. The van der Waals surface area contributed by atoms with Gasteiger partial charge in [0.2, 0.25) is 0 Å². The third kappa shape index (κ3) is 4.79. The number of methoxy groups -OCH3 is 1. The molecule has 1 saturated heterocycles. The Bertz CT molecular complexity index is 531. The van der Waals surface area contributed by atoms with Crippen molar-refractivity contribution in [1.82, 2.24) is 10.2 Å². The quantitative estimate of drug-likeness (QED) is 0.508. The molecule has 0 unspecified atom stereocenters. The Kier molecular flexibility index (Phi) is 6.58. The van der Waals surface area contributed by atoms with Crippen LogP contribution in [0.5, 0.6) is 0 Å². The number of guanidine groups is 1. The van der Waals surface area contributed by atoms with Crippen LogP contribution < -0.4 is 10.2 Å². The van der Waals surface area contributed by atoms with Crippen molar-refractivity contribution in [1.29, 1.82) is 0 Å². The lowest BCUT2D eigenvalue weighted by molar-refractivity contribution is 0.207. The minimum absolute atomic E-state index is 0.325. The van der Waals surface area contributed by atoms with E-state index in [1.54, 1.807) is 7.11 Å². The van der Waals surface area contributed by atoms with E-state index in [2.05, 4.69) is 15.2 Å². The van der Waals surface area contributed by atoms with Gasteiger partial charge in [-0.1, -0.05) is 0 Å². The second-order valence-corrected chi connectivity index (χ2v) is 5.30. The zero-order valence-electron chi connectivity index (χ0n) is 13.7. The molecule has 0 amide bonds. The molecule has 1 fully saturated rings.